The molecule has 1 aromatic rings. The van der Waals surface area contributed by atoms with Crippen molar-refractivity contribution in [1.82, 2.24) is 4.90 Å². The van der Waals surface area contributed by atoms with Crippen LogP contribution in [0.25, 0.3) is 0 Å². The third-order valence-electron chi connectivity index (χ3n) is 3.45. The van der Waals surface area contributed by atoms with Crippen LogP contribution in [0.1, 0.15) is 6.42 Å². The van der Waals surface area contributed by atoms with Crippen LogP contribution in [0.2, 0.25) is 0 Å². The van der Waals surface area contributed by atoms with Gasteiger partial charge in [-0.05, 0) is 26.6 Å². The van der Waals surface area contributed by atoms with E-state index in [0.717, 1.165) is 24.4 Å². The van der Waals surface area contributed by atoms with Gasteiger partial charge < -0.3 is 25.4 Å². The molecule has 19 heavy (non-hydrogen) atoms. The highest BCUT2D eigenvalue weighted by atomic mass is 16.5. The van der Waals surface area contributed by atoms with E-state index in [2.05, 4.69) is 9.80 Å². The van der Waals surface area contributed by atoms with E-state index in [4.69, 9.17) is 10.5 Å². The Morgan fingerprint density at radius 3 is 2.79 bits per heavy atom. The second kappa shape index (κ2) is 5.67. The highest BCUT2D eigenvalue weighted by Gasteiger charge is 2.31. The fourth-order valence-corrected chi connectivity index (χ4v) is 2.69. The first-order valence-corrected chi connectivity index (χ1v) is 6.53. The molecule has 0 aromatic heterocycles. The lowest BCUT2D eigenvalue weighted by Gasteiger charge is -2.29. The zero-order valence-electron chi connectivity index (χ0n) is 11.8. The number of benzene rings is 1. The first-order valence-electron chi connectivity index (χ1n) is 6.53. The van der Waals surface area contributed by atoms with Crippen molar-refractivity contribution in [3.8, 4) is 5.75 Å². The van der Waals surface area contributed by atoms with Crippen LogP contribution in [-0.2, 0) is 0 Å². The standard InChI is InChI=1S/C14H23N3O2/c1-16(2)8-12-6-13(18)9-17(12)11-4-10(15)5-14(7-11)19-3/h4-5,7,12-13,18H,6,8-9,15H2,1-3H3. The molecule has 1 heterocycles. The Bertz CT molecular complexity index is 437. The number of hydrogen-bond acceptors (Lipinski definition) is 5. The second-order valence-electron chi connectivity index (χ2n) is 5.42. The first kappa shape index (κ1) is 14.0. The summed E-state index contributed by atoms with van der Waals surface area (Å²) < 4.78 is 5.26. The molecule has 0 amide bonds. The molecule has 1 aromatic carbocycles. The van der Waals surface area contributed by atoms with Crippen molar-refractivity contribution in [3.63, 3.8) is 0 Å². The van der Waals surface area contributed by atoms with Crippen LogP contribution in [-0.4, -0.2) is 56.4 Å². The molecular weight excluding hydrogens is 242 g/mol. The second-order valence-corrected chi connectivity index (χ2v) is 5.42. The third-order valence-corrected chi connectivity index (χ3v) is 3.45. The van der Waals surface area contributed by atoms with Gasteiger partial charge in [-0.3, -0.25) is 0 Å². The van der Waals surface area contributed by atoms with Gasteiger partial charge in [0.25, 0.3) is 0 Å². The normalized spacial score (nSPS) is 23.1. The van der Waals surface area contributed by atoms with Gasteiger partial charge >= 0.3 is 0 Å². The number of β-amino-alcohol motifs (C(OH)–C–C–N with tert-alkyl or cyclic N) is 1. The fourth-order valence-electron chi connectivity index (χ4n) is 2.69. The Morgan fingerprint density at radius 2 is 2.16 bits per heavy atom. The van der Waals surface area contributed by atoms with Crippen LogP contribution >= 0.6 is 0 Å². The number of likely N-dealkylation sites (N-methyl/N-ethyl adjacent to an activating group) is 1. The molecule has 0 saturated carbocycles. The molecule has 1 fully saturated rings. The highest BCUT2D eigenvalue weighted by Crippen LogP contribution is 2.31. The van der Waals surface area contributed by atoms with Gasteiger partial charge in [-0.25, -0.2) is 0 Å². The summed E-state index contributed by atoms with van der Waals surface area (Å²) >= 11 is 0. The first-order chi connectivity index (χ1) is 8.99. The predicted octanol–water partition coefficient (Wildman–Crippen LogP) is 0.779. The molecular formula is C14H23N3O2. The Labute approximate surface area is 114 Å². The lowest BCUT2D eigenvalue weighted by molar-refractivity contribution is 0.191. The van der Waals surface area contributed by atoms with Crippen LogP contribution < -0.4 is 15.4 Å². The number of nitrogens with two attached hydrogens (primary N) is 1. The summed E-state index contributed by atoms with van der Waals surface area (Å²) in [5, 5.41) is 9.92. The zero-order valence-corrected chi connectivity index (χ0v) is 11.8. The average Bonchev–Trinajstić information content (AvgIpc) is 2.68. The van der Waals surface area contributed by atoms with Crippen molar-refractivity contribution in [3.05, 3.63) is 18.2 Å². The van der Waals surface area contributed by atoms with E-state index in [-0.39, 0.29) is 6.10 Å². The van der Waals surface area contributed by atoms with Crippen molar-refractivity contribution in [2.24, 2.45) is 0 Å². The Morgan fingerprint density at radius 1 is 1.42 bits per heavy atom. The van der Waals surface area contributed by atoms with Gasteiger partial charge in [-0.1, -0.05) is 0 Å². The maximum Gasteiger partial charge on any atom is 0.122 e. The van der Waals surface area contributed by atoms with E-state index >= 15 is 0 Å². The summed E-state index contributed by atoms with van der Waals surface area (Å²) in [4.78, 5) is 4.35. The zero-order chi connectivity index (χ0) is 14.0. The molecule has 0 spiro atoms. The van der Waals surface area contributed by atoms with E-state index in [1.165, 1.54) is 0 Å². The number of anilines is 2. The number of nitrogen functional groups attached to an aromatic ring is 1. The van der Waals surface area contributed by atoms with Gasteiger partial charge in [0.15, 0.2) is 0 Å². The molecule has 0 bridgehead atoms. The summed E-state index contributed by atoms with van der Waals surface area (Å²) in [5.41, 5.74) is 7.60. The molecule has 2 rings (SSSR count). The number of aliphatic hydroxyl groups is 1. The van der Waals surface area contributed by atoms with Crippen LogP contribution in [0.4, 0.5) is 11.4 Å². The number of aliphatic hydroxyl groups excluding tert-OH is 1. The summed E-state index contributed by atoms with van der Waals surface area (Å²) in [6.07, 6.45) is 0.507. The number of hydrogen-bond donors (Lipinski definition) is 2. The molecule has 5 heteroatoms. The smallest absolute Gasteiger partial charge is 0.122 e. The molecule has 0 radical (unpaired) electrons. The molecule has 1 aliphatic rings. The number of ether oxygens (including phenoxy) is 1. The molecule has 106 valence electrons. The molecule has 5 nitrogen and oxygen atoms in total. The van der Waals surface area contributed by atoms with Crippen LogP contribution in [0.3, 0.4) is 0 Å². The molecule has 2 unspecified atom stereocenters. The maximum absolute atomic E-state index is 9.92. The highest BCUT2D eigenvalue weighted by molar-refractivity contribution is 5.61. The van der Waals surface area contributed by atoms with E-state index in [0.29, 0.717) is 18.3 Å². The summed E-state index contributed by atoms with van der Waals surface area (Å²) in [6, 6.07) is 6.01. The minimum absolute atomic E-state index is 0.280. The van der Waals surface area contributed by atoms with Crippen molar-refractivity contribution in [2.45, 2.75) is 18.6 Å². The van der Waals surface area contributed by atoms with Gasteiger partial charge in [-0.2, -0.15) is 0 Å². The molecule has 1 saturated heterocycles. The van der Waals surface area contributed by atoms with Crippen LogP contribution in [0, 0.1) is 0 Å². The number of nitrogens with zero attached hydrogens (tertiary/aromatic N) is 2. The largest absolute Gasteiger partial charge is 0.497 e. The lowest BCUT2D eigenvalue weighted by atomic mass is 10.1. The monoisotopic (exact) mass is 265 g/mol. The van der Waals surface area contributed by atoms with Crippen LogP contribution in [0.5, 0.6) is 5.75 Å². The minimum Gasteiger partial charge on any atom is -0.497 e. The van der Waals surface area contributed by atoms with Crippen LogP contribution in [0.15, 0.2) is 18.2 Å². The summed E-state index contributed by atoms with van der Waals surface area (Å²) in [5.74, 6) is 0.750. The minimum atomic E-state index is -0.280. The Kier molecular flexibility index (Phi) is 4.17. The quantitative estimate of drug-likeness (QED) is 0.788. The molecule has 2 atom stereocenters. The van der Waals surface area contributed by atoms with E-state index < -0.39 is 0 Å². The SMILES string of the molecule is COc1cc(N)cc(N2CC(O)CC2CN(C)C)c1. The van der Waals surface area contributed by atoms with E-state index in [9.17, 15) is 5.11 Å². The molecule has 0 aliphatic carbocycles. The van der Waals surface area contributed by atoms with E-state index in [1.807, 2.05) is 26.2 Å². The van der Waals surface area contributed by atoms with Crippen molar-refractivity contribution >= 4 is 11.4 Å². The Balaban J connectivity index is 2.25. The topological polar surface area (TPSA) is 62.0 Å². The van der Waals surface area contributed by atoms with Crippen molar-refractivity contribution < 1.29 is 9.84 Å². The van der Waals surface area contributed by atoms with Gasteiger partial charge in [0.2, 0.25) is 0 Å². The van der Waals surface area contributed by atoms with Gasteiger partial charge in [0.1, 0.15) is 5.75 Å². The molecule has 3 N–H and O–H groups in total. The Hall–Kier alpha value is -1.46. The van der Waals surface area contributed by atoms with Gasteiger partial charge in [-0.15, -0.1) is 0 Å². The third kappa shape index (κ3) is 3.30. The van der Waals surface area contributed by atoms with Gasteiger partial charge in [0, 0.05) is 42.6 Å². The number of methoxy groups -OCH3 is 1. The summed E-state index contributed by atoms with van der Waals surface area (Å²) in [7, 11) is 5.72. The van der Waals surface area contributed by atoms with Crippen molar-refractivity contribution in [1.29, 1.82) is 0 Å². The lowest BCUT2D eigenvalue weighted by Crippen LogP contribution is -2.37. The molecule has 1 aliphatic heterocycles. The van der Waals surface area contributed by atoms with Crippen molar-refractivity contribution in [2.75, 3.05) is 44.9 Å². The predicted molar refractivity (Wildman–Crippen MR) is 77.7 cm³/mol. The fraction of sp³-hybridized carbons (Fsp3) is 0.571. The summed E-state index contributed by atoms with van der Waals surface area (Å²) in [6.45, 7) is 1.55. The van der Waals surface area contributed by atoms with E-state index in [1.54, 1.807) is 13.2 Å². The number of rotatable bonds is 4. The average molecular weight is 265 g/mol. The maximum atomic E-state index is 9.92. The van der Waals surface area contributed by atoms with Gasteiger partial charge in [0.05, 0.1) is 13.2 Å².